The topological polar surface area (TPSA) is 94.2 Å². The summed E-state index contributed by atoms with van der Waals surface area (Å²) in [6.45, 7) is 2.35. The van der Waals surface area contributed by atoms with Gasteiger partial charge in [0, 0.05) is 24.0 Å². The normalized spacial score (nSPS) is 10.1. The Kier molecular flexibility index (Phi) is 4.09. The Morgan fingerprint density at radius 2 is 2.20 bits per heavy atom. The van der Waals surface area contributed by atoms with Gasteiger partial charge in [-0.05, 0) is 13.0 Å². The van der Waals surface area contributed by atoms with E-state index < -0.39 is 11.5 Å². The number of nitrogens with zero attached hydrogens (tertiary/aromatic N) is 2. The van der Waals surface area contributed by atoms with Crippen molar-refractivity contribution in [1.29, 1.82) is 0 Å². The third-order valence-corrected chi connectivity index (χ3v) is 2.48. The molecule has 0 aromatic carbocycles. The summed E-state index contributed by atoms with van der Waals surface area (Å²) in [4.78, 5) is 33.7. The number of pyridine rings is 1. The molecule has 7 heteroatoms. The van der Waals surface area contributed by atoms with Gasteiger partial charge in [-0.1, -0.05) is 0 Å². The minimum Gasteiger partial charge on any atom is -0.478 e. The highest BCUT2D eigenvalue weighted by atomic mass is 16.5. The molecule has 0 saturated heterocycles. The maximum absolute atomic E-state index is 11.8. The lowest BCUT2D eigenvalue weighted by atomic mass is 10.2. The number of hydrogen-bond acceptors (Lipinski definition) is 6. The van der Waals surface area contributed by atoms with E-state index in [2.05, 4.69) is 19.7 Å². The third-order valence-electron chi connectivity index (χ3n) is 2.48. The van der Waals surface area contributed by atoms with Crippen LogP contribution in [0.4, 0.5) is 0 Å². The van der Waals surface area contributed by atoms with Crippen molar-refractivity contribution in [1.82, 2.24) is 15.0 Å². The van der Waals surface area contributed by atoms with Crippen molar-refractivity contribution < 1.29 is 14.3 Å². The van der Waals surface area contributed by atoms with Crippen LogP contribution in [0.3, 0.4) is 0 Å². The maximum Gasteiger partial charge on any atom is 0.358 e. The van der Waals surface area contributed by atoms with Gasteiger partial charge in [-0.25, -0.2) is 14.8 Å². The van der Waals surface area contributed by atoms with Crippen LogP contribution in [-0.4, -0.2) is 34.6 Å². The average molecular weight is 275 g/mol. The number of nitrogens with one attached hydrogen (secondary N) is 1. The van der Waals surface area contributed by atoms with Gasteiger partial charge in [0.1, 0.15) is 5.69 Å². The fourth-order valence-electron chi connectivity index (χ4n) is 1.56. The number of carbonyl (C=O) groups is 1. The van der Waals surface area contributed by atoms with Gasteiger partial charge < -0.3 is 14.5 Å². The first kappa shape index (κ1) is 13.7. The molecule has 0 saturated carbocycles. The lowest BCUT2D eigenvalue weighted by molar-refractivity contribution is 0.0593. The van der Waals surface area contributed by atoms with Crippen LogP contribution in [-0.2, 0) is 4.74 Å². The zero-order valence-corrected chi connectivity index (χ0v) is 11.0. The van der Waals surface area contributed by atoms with Crippen LogP contribution in [0, 0.1) is 0 Å². The molecule has 2 heterocycles. The molecule has 7 nitrogen and oxygen atoms in total. The van der Waals surface area contributed by atoms with E-state index in [1.54, 1.807) is 12.1 Å². The molecule has 0 aliphatic rings. The number of esters is 1. The molecule has 0 unspecified atom stereocenters. The Morgan fingerprint density at radius 1 is 1.40 bits per heavy atom. The summed E-state index contributed by atoms with van der Waals surface area (Å²) >= 11 is 0. The summed E-state index contributed by atoms with van der Waals surface area (Å²) < 4.78 is 9.77. The van der Waals surface area contributed by atoms with Gasteiger partial charge in [-0.15, -0.1) is 0 Å². The summed E-state index contributed by atoms with van der Waals surface area (Å²) in [6.07, 6.45) is 2.67. The number of hydrogen-bond donors (Lipinski definition) is 1. The maximum atomic E-state index is 11.8. The van der Waals surface area contributed by atoms with Crippen molar-refractivity contribution in [2.24, 2.45) is 0 Å². The molecule has 2 rings (SSSR count). The number of aromatic nitrogens is 3. The van der Waals surface area contributed by atoms with E-state index >= 15 is 0 Å². The Labute approximate surface area is 114 Å². The minimum absolute atomic E-state index is 0.0241. The number of methoxy groups -OCH3 is 1. The summed E-state index contributed by atoms with van der Waals surface area (Å²) in [7, 11) is 1.24. The smallest absolute Gasteiger partial charge is 0.358 e. The monoisotopic (exact) mass is 275 g/mol. The molecule has 0 fully saturated rings. The molecule has 0 atom stereocenters. The first-order valence-electron chi connectivity index (χ1n) is 5.93. The van der Waals surface area contributed by atoms with E-state index in [0.717, 1.165) is 0 Å². The zero-order chi connectivity index (χ0) is 14.5. The number of ether oxygens (including phenoxy) is 2. The zero-order valence-electron chi connectivity index (χ0n) is 11.0. The highest BCUT2D eigenvalue weighted by Gasteiger charge is 2.12. The van der Waals surface area contributed by atoms with Crippen LogP contribution in [0.1, 0.15) is 17.4 Å². The average Bonchev–Trinajstić information content (AvgIpc) is 2.48. The Morgan fingerprint density at radius 3 is 2.80 bits per heavy atom. The summed E-state index contributed by atoms with van der Waals surface area (Å²) in [6, 6.07) is 3.28. The molecule has 0 amide bonds. The van der Waals surface area contributed by atoms with E-state index in [1.807, 2.05) is 6.92 Å². The van der Waals surface area contributed by atoms with Crippen LogP contribution in [0.5, 0.6) is 5.88 Å². The fourth-order valence-corrected chi connectivity index (χ4v) is 1.56. The molecule has 0 aliphatic carbocycles. The van der Waals surface area contributed by atoms with Crippen molar-refractivity contribution in [3.63, 3.8) is 0 Å². The SMILES string of the molecule is CCOc1ccc(-c2nc(C(=O)OC)c[nH]c2=O)cn1. The highest BCUT2D eigenvalue weighted by molar-refractivity contribution is 5.87. The molecular weight excluding hydrogens is 262 g/mol. The molecule has 0 aliphatic heterocycles. The first-order chi connectivity index (χ1) is 9.65. The fraction of sp³-hybridized carbons (Fsp3) is 0.231. The number of H-pyrrole nitrogens is 1. The van der Waals surface area contributed by atoms with Crippen LogP contribution in [0.25, 0.3) is 11.3 Å². The molecule has 0 radical (unpaired) electrons. The van der Waals surface area contributed by atoms with E-state index in [1.165, 1.54) is 19.5 Å². The van der Waals surface area contributed by atoms with Gasteiger partial charge >= 0.3 is 5.97 Å². The van der Waals surface area contributed by atoms with E-state index in [4.69, 9.17) is 4.74 Å². The Hall–Kier alpha value is -2.70. The van der Waals surface area contributed by atoms with Crippen molar-refractivity contribution in [3.05, 3.63) is 40.6 Å². The van der Waals surface area contributed by atoms with Gasteiger partial charge in [0.15, 0.2) is 5.69 Å². The number of carbonyl (C=O) groups excluding carboxylic acids is 1. The van der Waals surface area contributed by atoms with Gasteiger partial charge in [0.2, 0.25) is 5.88 Å². The molecule has 0 bridgehead atoms. The molecule has 20 heavy (non-hydrogen) atoms. The van der Waals surface area contributed by atoms with Crippen LogP contribution in [0.15, 0.2) is 29.3 Å². The Balaban J connectivity index is 2.41. The van der Waals surface area contributed by atoms with Crippen molar-refractivity contribution in [2.75, 3.05) is 13.7 Å². The van der Waals surface area contributed by atoms with Crippen molar-refractivity contribution in [3.8, 4) is 17.1 Å². The largest absolute Gasteiger partial charge is 0.478 e. The molecular formula is C13H13N3O4. The van der Waals surface area contributed by atoms with Gasteiger partial charge in [-0.3, -0.25) is 4.79 Å². The van der Waals surface area contributed by atoms with Crippen molar-refractivity contribution >= 4 is 5.97 Å². The second kappa shape index (κ2) is 5.96. The lowest BCUT2D eigenvalue weighted by Gasteiger charge is -2.04. The molecule has 2 aromatic heterocycles. The van der Waals surface area contributed by atoms with E-state index in [-0.39, 0.29) is 11.4 Å². The van der Waals surface area contributed by atoms with Gasteiger partial charge in [-0.2, -0.15) is 0 Å². The predicted molar refractivity (Wildman–Crippen MR) is 70.6 cm³/mol. The first-order valence-corrected chi connectivity index (χ1v) is 5.93. The summed E-state index contributed by atoms with van der Waals surface area (Å²) in [5.41, 5.74) is 0.198. The standard InChI is InChI=1S/C13H13N3O4/c1-3-20-10-5-4-8(6-14-10)11-12(17)15-7-9(16-11)13(18)19-2/h4-7H,3H2,1-2H3,(H,15,17). The van der Waals surface area contributed by atoms with Gasteiger partial charge in [0.25, 0.3) is 5.56 Å². The van der Waals surface area contributed by atoms with Crippen LogP contribution < -0.4 is 10.3 Å². The Bertz CT molecular complexity index is 664. The predicted octanol–water partition coefficient (Wildman–Crippen LogP) is 1.02. The number of aromatic amines is 1. The quantitative estimate of drug-likeness (QED) is 0.837. The molecule has 0 spiro atoms. The van der Waals surface area contributed by atoms with Gasteiger partial charge in [0.05, 0.1) is 13.7 Å². The molecule has 104 valence electrons. The lowest BCUT2D eigenvalue weighted by Crippen LogP contribution is -2.16. The summed E-state index contributed by atoms with van der Waals surface area (Å²) in [5, 5.41) is 0. The van der Waals surface area contributed by atoms with Crippen molar-refractivity contribution in [2.45, 2.75) is 6.92 Å². The van der Waals surface area contributed by atoms with Crippen LogP contribution >= 0.6 is 0 Å². The molecule has 2 aromatic rings. The second-order valence-electron chi connectivity index (χ2n) is 3.77. The van der Waals surface area contributed by atoms with Crippen LogP contribution in [0.2, 0.25) is 0 Å². The van der Waals surface area contributed by atoms with E-state index in [0.29, 0.717) is 18.1 Å². The second-order valence-corrected chi connectivity index (χ2v) is 3.77. The summed E-state index contributed by atoms with van der Waals surface area (Å²) in [5.74, 6) is -0.168. The molecule has 1 N–H and O–H groups in total. The van der Waals surface area contributed by atoms with E-state index in [9.17, 15) is 9.59 Å². The third kappa shape index (κ3) is 2.82. The minimum atomic E-state index is -0.624. The number of rotatable bonds is 4. The highest BCUT2D eigenvalue weighted by Crippen LogP contribution is 2.15.